The van der Waals surface area contributed by atoms with E-state index in [1.165, 1.54) is 19.3 Å². The van der Waals surface area contributed by atoms with E-state index in [0.29, 0.717) is 25.8 Å². The molecule has 1 aliphatic heterocycles. The molecule has 0 radical (unpaired) electrons. The summed E-state index contributed by atoms with van der Waals surface area (Å²) < 4.78 is 0. The minimum absolute atomic E-state index is 0.0168. The van der Waals surface area contributed by atoms with Gasteiger partial charge in [-0.15, -0.1) is 0 Å². The Morgan fingerprint density at radius 2 is 1.95 bits per heavy atom. The van der Waals surface area contributed by atoms with Crippen molar-refractivity contribution in [3.05, 3.63) is 0 Å². The number of nitrogens with zero attached hydrogens (tertiary/aromatic N) is 1. The second-order valence-corrected chi connectivity index (χ2v) is 5.97. The van der Waals surface area contributed by atoms with E-state index in [1.54, 1.807) is 0 Å². The molecule has 0 aromatic heterocycles. The van der Waals surface area contributed by atoms with E-state index in [9.17, 15) is 9.59 Å². The van der Waals surface area contributed by atoms with Gasteiger partial charge in [0.1, 0.15) is 5.54 Å². The Labute approximate surface area is 115 Å². The van der Waals surface area contributed by atoms with Gasteiger partial charge in [0.15, 0.2) is 0 Å². The van der Waals surface area contributed by atoms with Crippen molar-refractivity contribution in [1.82, 2.24) is 10.2 Å². The van der Waals surface area contributed by atoms with Gasteiger partial charge in [-0.05, 0) is 25.2 Å². The van der Waals surface area contributed by atoms with Crippen LogP contribution in [-0.4, -0.2) is 35.3 Å². The van der Waals surface area contributed by atoms with Gasteiger partial charge in [-0.1, -0.05) is 33.1 Å². The van der Waals surface area contributed by atoms with Crippen molar-refractivity contribution in [2.75, 3.05) is 13.1 Å². The summed E-state index contributed by atoms with van der Waals surface area (Å²) in [4.78, 5) is 26.4. The molecule has 1 saturated carbocycles. The van der Waals surface area contributed by atoms with E-state index in [-0.39, 0.29) is 11.8 Å². The highest BCUT2D eigenvalue weighted by atomic mass is 16.2. The lowest BCUT2D eigenvalue weighted by Gasteiger charge is -2.35. The van der Waals surface area contributed by atoms with Gasteiger partial charge in [0.05, 0.1) is 0 Å². The summed E-state index contributed by atoms with van der Waals surface area (Å²) in [7, 11) is 0. The molecule has 2 aliphatic rings. The maximum Gasteiger partial charge on any atom is 0.248 e. The molecule has 1 heterocycles. The van der Waals surface area contributed by atoms with Crippen LogP contribution < -0.4 is 5.32 Å². The van der Waals surface area contributed by atoms with Gasteiger partial charge in [0.25, 0.3) is 0 Å². The minimum atomic E-state index is -0.660. The monoisotopic (exact) mass is 266 g/mol. The Morgan fingerprint density at radius 1 is 1.26 bits per heavy atom. The molecule has 19 heavy (non-hydrogen) atoms. The van der Waals surface area contributed by atoms with E-state index >= 15 is 0 Å². The third-order valence-electron chi connectivity index (χ3n) is 4.92. The van der Waals surface area contributed by atoms with E-state index in [2.05, 4.69) is 5.32 Å². The lowest BCUT2D eigenvalue weighted by atomic mass is 9.82. The summed E-state index contributed by atoms with van der Waals surface area (Å²) in [5.41, 5.74) is -0.660. The SMILES string of the molecule is CCC1(CC)NC(=O)CCN(CCC2CCC2)C1=O. The molecule has 0 unspecified atom stereocenters. The number of hydrogen-bond donors (Lipinski definition) is 1. The highest BCUT2D eigenvalue weighted by molar-refractivity contribution is 5.93. The van der Waals surface area contributed by atoms with Crippen molar-refractivity contribution < 1.29 is 9.59 Å². The zero-order chi connectivity index (χ0) is 13.9. The van der Waals surface area contributed by atoms with Gasteiger partial charge in [-0.2, -0.15) is 0 Å². The summed E-state index contributed by atoms with van der Waals surface area (Å²) in [5, 5.41) is 2.96. The molecule has 0 atom stereocenters. The first kappa shape index (κ1) is 14.4. The van der Waals surface area contributed by atoms with Crippen LogP contribution in [0.5, 0.6) is 0 Å². The van der Waals surface area contributed by atoms with Crippen LogP contribution >= 0.6 is 0 Å². The van der Waals surface area contributed by atoms with Crippen LogP contribution in [0.25, 0.3) is 0 Å². The van der Waals surface area contributed by atoms with E-state index in [0.717, 1.165) is 18.9 Å². The quantitative estimate of drug-likeness (QED) is 0.828. The molecule has 1 aliphatic carbocycles. The Morgan fingerprint density at radius 3 is 2.47 bits per heavy atom. The molecular weight excluding hydrogens is 240 g/mol. The Bertz CT molecular complexity index is 346. The first-order valence-corrected chi connectivity index (χ1v) is 7.71. The van der Waals surface area contributed by atoms with Crippen molar-refractivity contribution in [1.29, 1.82) is 0 Å². The van der Waals surface area contributed by atoms with Crippen molar-refractivity contribution in [2.45, 2.75) is 64.3 Å². The maximum absolute atomic E-state index is 12.7. The van der Waals surface area contributed by atoms with Crippen LogP contribution in [0.1, 0.15) is 58.8 Å². The lowest BCUT2D eigenvalue weighted by molar-refractivity contribution is -0.139. The molecule has 4 heteroatoms. The number of carbonyl (C=O) groups excluding carboxylic acids is 2. The molecule has 2 fully saturated rings. The largest absolute Gasteiger partial charge is 0.342 e. The predicted molar refractivity (Wildman–Crippen MR) is 74.6 cm³/mol. The summed E-state index contributed by atoms with van der Waals surface area (Å²) in [6, 6.07) is 0. The van der Waals surface area contributed by atoms with Crippen molar-refractivity contribution in [3.8, 4) is 0 Å². The topological polar surface area (TPSA) is 49.4 Å². The van der Waals surface area contributed by atoms with Gasteiger partial charge in [0.2, 0.25) is 11.8 Å². The fourth-order valence-electron chi connectivity index (χ4n) is 3.09. The van der Waals surface area contributed by atoms with Crippen LogP contribution in [0.4, 0.5) is 0 Å². The molecule has 0 bridgehead atoms. The Balaban J connectivity index is 2.04. The van der Waals surface area contributed by atoms with E-state index < -0.39 is 5.54 Å². The average molecular weight is 266 g/mol. The lowest BCUT2D eigenvalue weighted by Crippen LogP contribution is -2.56. The average Bonchev–Trinajstić information content (AvgIpc) is 2.47. The van der Waals surface area contributed by atoms with Crippen LogP contribution in [-0.2, 0) is 9.59 Å². The molecule has 108 valence electrons. The third kappa shape index (κ3) is 2.93. The second kappa shape index (κ2) is 5.93. The molecule has 0 spiro atoms. The van der Waals surface area contributed by atoms with Crippen LogP contribution in [0.15, 0.2) is 0 Å². The highest BCUT2D eigenvalue weighted by Crippen LogP contribution is 2.30. The van der Waals surface area contributed by atoms with Crippen molar-refractivity contribution >= 4 is 11.8 Å². The van der Waals surface area contributed by atoms with Crippen molar-refractivity contribution in [2.24, 2.45) is 5.92 Å². The predicted octanol–water partition coefficient (Wildman–Crippen LogP) is 2.08. The molecular formula is C15H26N2O2. The fraction of sp³-hybridized carbons (Fsp3) is 0.867. The first-order chi connectivity index (χ1) is 9.11. The van der Waals surface area contributed by atoms with Crippen LogP contribution in [0.3, 0.4) is 0 Å². The zero-order valence-corrected chi connectivity index (χ0v) is 12.2. The fourth-order valence-corrected chi connectivity index (χ4v) is 3.09. The molecule has 0 aromatic carbocycles. The van der Waals surface area contributed by atoms with Gasteiger partial charge >= 0.3 is 0 Å². The molecule has 4 nitrogen and oxygen atoms in total. The molecule has 2 rings (SSSR count). The van der Waals surface area contributed by atoms with Crippen molar-refractivity contribution in [3.63, 3.8) is 0 Å². The number of hydrogen-bond acceptors (Lipinski definition) is 2. The molecule has 1 saturated heterocycles. The third-order valence-corrected chi connectivity index (χ3v) is 4.92. The Hall–Kier alpha value is -1.06. The zero-order valence-electron chi connectivity index (χ0n) is 12.2. The second-order valence-electron chi connectivity index (χ2n) is 5.97. The van der Waals surface area contributed by atoms with Gasteiger partial charge in [0, 0.05) is 19.5 Å². The molecule has 2 amide bonds. The minimum Gasteiger partial charge on any atom is -0.342 e. The molecule has 0 aromatic rings. The highest BCUT2D eigenvalue weighted by Gasteiger charge is 2.41. The van der Waals surface area contributed by atoms with Gasteiger partial charge in [-0.3, -0.25) is 9.59 Å². The normalized spacial score (nSPS) is 23.8. The summed E-state index contributed by atoms with van der Waals surface area (Å²) in [6.45, 7) is 5.37. The van der Waals surface area contributed by atoms with E-state index in [1.807, 2.05) is 18.7 Å². The maximum atomic E-state index is 12.7. The number of nitrogens with one attached hydrogen (secondary N) is 1. The van der Waals surface area contributed by atoms with E-state index in [4.69, 9.17) is 0 Å². The Kier molecular flexibility index (Phi) is 4.48. The molecule has 1 N–H and O–H groups in total. The smallest absolute Gasteiger partial charge is 0.248 e. The standard InChI is InChI=1S/C15H26N2O2/c1-3-15(4-2)14(19)17(11-9-13(18)16-15)10-8-12-6-5-7-12/h12H,3-11H2,1-2H3,(H,16,18). The number of carbonyl (C=O) groups is 2. The number of rotatable bonds is 5. The van der Waals surface area contributed by atoms with Gasteiger partial charge < -0.3 is 10.2 Å². The summed E-state index contributed by atoms with van der Waals surface area (Å²) in [6.07, 6.45) is 6.86. The van der Waals surface area contributed by atoms with Crippen LogP contribution in [0.2, 0.25) is 0 Å². The van der Waals surface area contributed by atoms with Crippen LogP contribution in [0, 0.1) is 5.92 Å². The summed E-state index contributed by atoms with van der Waals surface area (Å²) >= 11 is 0. The number of amides is 2. The first-order valence-electron chi connectivity index (χ1n) is 7.71. The van der Waals surface area contributed by atoms with Gasteiger partial charge in [-0.25, -0.2) is 0 Å². The summed E-state index contributed by atoms with van der Waals surface area (Å²) in [5.74, 6) is 0.947.